The van der Waals surface area contributed by atoms with E-state index in [-0.39, 0.29) is 22.0 Å². The number of halogens is 3. The highest BCUT2D eigenvalue weighted by atomic mass is 127. The summed E-state index contributed by atoms with van der Waals surface area (Å²) < 4.78 is 59.3. The Labute approximate surface area is 162 Å². The highest BCUT2D eigenvalue weighted by Gasteiger charge is 2.34. The van der Waals surface area contributed by atoms with Gasteiger partial charge in [-0.05, 0) is 47.4 Å². The average Bonchev–Trinajstić information content (AvgIpc) is 3.28. The van der Waals surface area contributed by atoms with Crippen molar-refractivity contribution in [1.29, 1.82) is 0 Å². The molecule has 25 heavy (non-hydrogen) atoms. The highest BCUT2D eigenvalue weighted by molar-refractivity contribution is 14.1. The highest BCUT2D eigenvalue weighted by Crippen LogP contribution is 2.33. The molecule has 0 saturated heterocycles. The summed E-state index contributed by atoms with van der Waals surface area (Å²) in [6.45, 7) is 6.63. The van der Waals surface area contributed by atoms with Crippen molar-refractivity contribution >= 4 is 46.5 Å². The second kappa shape index (κ2) is 8.13. The van der Waals surface area contributed by atoms with E-state index in [0.29, 0.717) is 6.61 Å². The molecule has 0 N–H and O–H groups in total. The van der Waals surface area contributed by atoms with Gasteiger partial charge in [0.2, 0.25) is 10.0 Å². The maximum atomic E-state index is 14.4. The number of aromatic nitrogens is 1. The molecule has 5 nitrogen and oxygen atoms in total. The molecule has 0 aliphatic heterocycles. The average molecular weight is 504 g/mol. The Morgan fingerprint density at radius 3 is 2.56 bits per heavy atom. The molecule has 1 aliphatic carbocycles. The van der Waals surface area contributed by atoms with Gasteiger partial charge >= 0.3 is 0 Å². The Bertz CT molecular complexity index is 724. The first-order valence-electron chi connectivity index (χ1n) is 8.09. The predicted molar refractivity (Wildman–Crippen MR) is 105 cm³/mol. The van der Waals surface area contributed by atoms with Crippen LogP contribution in [-0.4, -0.2) is 40.6 Å². The number of hydrogen-bond donors (Lipinski definition) is 0. The van der Waals surface area contributed by atoms with Gasteiger partial charge in [-0.1, -0.05) is 19.6 Å². The smallest absolute Gasteiger partial charge is 0.238 e. The summed E-state index contributed by atoms with van der Waals surface area (Å²) in [5.74, 6) is -2.18. The van der Waals surface area contributed by atoms with Crippen LogP contribution in [0.25, 0.3) is 0 Å². The molecule has 1 saturated carbocycles. The number of ether oxygens (including phenoxy) is 1. The van der Waals surface area contributed by atoms with Crippen molar-refractivity contribution in [3.63, 3.8) is 0 Å². The molecule has 0 amide bonds. The molecule has 1 heterocycles. The molecule has 10 heteroatoms. The van der Waals surface area contributed by atoms with E-state index in [4.69, 9.17) is 4.74 Å². The summed E-state index contributed by atoms with van der Waals surface area (Å²) in [5, 5.41) is 0. The van der Waals surface area contributed by atoms with Gasteiger partial charge in [0.05, 0.1) is 15.5 Å². The zero-order chi connectivity index (χ0) is 18.8. The van der Waals surface area contributed by atoms with E-state index in [1.165, 1.54) is 22.6 Å². The second-order valence-electron chi connectivity index (χ2n) is 7.48. The maximum Gasteiger partial charge on any atom is 0.238 e. The first kappa shape index (κ1) is 21.0. The van der Waals surface area contributed by atoms with Gasteiger partial charge in [0, 0.05) is 14.7 Å². The SMILES string of the molecule is C[Si](C)(C)CCOCN(c1ncc(F)c(I)c1F)S(=O)(=O)CC1CC1. The van der Waals surface area contributed by atoms with Crippen molar-refractivity contribution in [2.75, 3.05) is 23.4 Å². The third-order valence-electron chi connectivity index (χ3n) is 3.82. The first-order chi connectivity index (χ1) is 11.5. The molecule has 0 bridgehead atoms. The van der Waals surface area contributed by atoms with Crippen molar-refractivity contribution in [3.8, 4) is 0 Å². The minimum Gasteiger partial charge on any atom is -0.360 e. The van der Waals surface area contributed by atoms with Crippen molar-refractivity contribution in [1.82, 2.24) is 4.98 Å². The molecule has 2 rings (SSSR count). The predicted octanol–water partition coefficient (Wildman–Crippen LogP) is 3.82. The lowest BCUT2D eigenvalue weighted by atomic mass is 10.4. The molecule has 0 radical (unpaired) electrons. The largest absolute Gasteiger partial charge is 0.360 e. The summed E-state index contributed by atoms with van der Waals surface area (Å²) in [7, 11) is -5.12. The van der Waals surface area contributed by atoms with Gasteiger partial charge < -0.3 is 4.74 Å². The zero-order valence-electron chi connectivity index (χ0n) is 14.6. The van der Waals surface area contributed by atoms with Crippen LogP contribution < -0.4 is 4.31 Å². The fourth-order valence-electron chi connectivity index (χ4n) is 2.08. The molecule has 0 atom stereocenters. The van der Waals surface area contributed by atoms with Crippen LogP contribution >= 0.6 is 22.6 Å². The number of rotatable bonds is 9. The van der Waals surface area contributed by atoms with E-state index >= 15 is 0 Å². The van der Waals surface area contributed by atoms with Gasteiger partial charge in [-0.15, -0.1) is 0 Å². The van der Waals surface area contributed by atoms with Crippen LogP contribution in [0, 0.1) is 21.1 Å². The maximum absolute atomic E-state index is 14.4. The van der Waals surface area contributed by atoms with Gasteiger partial charge in [-0.3, -0.25) is 0 Å². The van der Waals surface area contributed by atoms with E-state index in [0.717, 1.165) is 29.4 Å². The molecule has 0 aromatic carbocycles. The van der Waals surface area contributed by atoms with Crippen molar-refractivity contribution in [3.05, 3.63) is 21.4 Å². The van der Waals surface area contributed by atoms with Crippen LogP contribution in [0.15, 0.2) is 6.20 Å². The Kier molecular flexibility index (Phi) is 6.82. The molecule has 1 aliphatic rings. The van der Waals surface area contributed by atoms with Crippen molar-refractivity contribution < 1.29 is 21.9 Å². The summed E-state index contributed by atoms with van der Waals surface area (Å²) in [4.78, 5) is 3.68. The van der Waals surface area contributed by atoms with Gasteiger partial charge in [-0.25, -0.2) is 26.5 Å². The molecule has 0 unspecified atom stereocenters. The molecule has 1 aromatic heterocycles. The molecule has 0 spiro atoms. The van der Waals surface area contributed by atoms with Gasteiger partial charge in [0.25, 0.3) is 0 Å². The fourth-order valence-corrected chi connectivity index (χ4v) is 4.95. The van der Waals surface area contributed by atoms with E-state index in [2.05, 4.69) is 24.6 Å². The first-order valence-corrected chi connectivity index (χ1v) is 14.5. The quantitative estimate of drug-likeness (QED) is 0.222. The Balaban J connectivity index is 2.21. The van der Waals surface area contributed by atoms with E-state index in [1.54, 1.807) is 0 Å². The van der Waals surface area contributed by atoms with Crippen molar-refractivity contribution in [2.24, 2.45) is 5.92 Å². The van der Waals surface area contributed by atoms with Crippen LogP contribution in [0.5, 0.6) is 0 Å². The van der Waals surface area contributed by atoms with E-state index in [1.807, 2.05) is 0 Å². The third-order valence-corrected chi connectivity index (χ3v) is 8.35. The number of sulfonamides is 1. The Morgan fingerprint density at radius 2 is 2.00 bits per heavy atom. The zero-order valence-corrected chi connectivity index (χ0v) is 18.5. The lowest BCUT2D eigenvalue weighted by Crippen LogP contribution is -2.37. The molecular weight excluding hydrogens is 481 g/mol. The van der Waals surface area contributed by atoms with Crippen LogP contribution in [0.4, 0.5) is 14.6 Å². The monoisotopic (exact) mass is 504 g/mol. The number of hydrogen-bond acceptors (Lipinski definition) is 4. The lowest BCUT2D eigenvalue weighted by Gasteiger charge is -2.24. The number of anilines is 1. The topological polar surface area (TPSA) is 59.5 Å². The minimum absolute atomic E-state index is 0.0700. The summed E-state index contributed by atoms with van der Waals surface area (Å²) >= 11 is 1.50. The lowest BCUT2D eigenvalue weighted by molar-refractivity contribution is 0.155. The normalized spacial score (nSPS) is 15.4. The fraction of sp³-hybridized carbons (Fsp3) is 0.667. The number of pyridine rings is 1. The Morgan fingerprint density at radius 1 is 1.36 bits per heavy atom. The standard InChI is InChI=1S/C15H23F2IN2O3SSi/c1-25(2,3)7-6-23-10-20(24(21,22)9-11-4-5-11)15-13(17)14(18)12(16)8-19-15/h8,11H,4-7,9-10H2,1-3H3. The van der Waals surface area contributed by atoms with Gasteiger partial charge in [0.1, 0.15) is 6.73 Å². The molecule has 142 valence electrons. The number of nitrogens with zero attached hydrogens (tertiary/aromatic N) is 2. The van der Waals surface area contributed by atoms with Crippen LogP contribution in [0.2, 0.25) is 25.7 Å². The van der Waals surface area contributed by atoms with Crippen LogP contribution in [-0.2, 0) is 14.8 Å². The van der Waals surface area contributed by atoms with E-state index < -0.39 is 35.5 Å². The summed E-state index contributed by atoms with van der Waals surface area (Å²) in [6.07, 6.45) is 2.53. The Hall–Kier alpha value is -0.333. The summed E-state index contributed by atoms with van der Waals surface area (Å²) in [5.41, 5.74) is 0. The van der Waals surface area contributed by atoms with Crippen molar-refractivity contribution in [2.45, 2.75) is 38.5 Å². The summed E-state index contributed by atoms with van der Waals surface area (Å²) in [6, 6.07) is 0.861. The second-order valence-corrected chi connectivity index (χ2v) is 16.1. The molecule has 1 fully saturated rings. The molecular formula is C15H23F2IN2O3SSi. The van der Waals surface area contributed by atoms with Crippen LogP contribution in [0.3, 0.4) is 0 Å². The van der Waals surface area contributed by atoms with Gasteiger partial charge in [0.15, 0.2) is 17.5 Å². The van der Waals surface area contributed by atoms with E-state index in [9.17, 15) is 17.2 Å². The third kappa shape index (κ3) is 6.10. The van der Waals surface area contributed by atoms with Gasteiger partial charge in [-0.2, -0.15) is 0 Å². The molecule has 1 aromatic rings. The minimum atomic E-state index is -3.79. The van der Waals surface area contributed by atoms with Crippen LogP contribution in [0.1, 0.15) is 12.8 Å².